The van der Waals surface area contributed by atoms with E-state index in [9.17, 15) is 5.53 Å². The number of hydrogen-bond acceptors (Lipinski definition) is 2. The smallest absolute Gasteiger partial charge is 0.211 e. The molecule has 0 bridgehead atoms. The average molecular weight is 980 g/mol. The molecule has 0 saturated heterocycles. The predicted octanol–water partition coefficient (Wildman–Crippen LogP) is 21.8. The SMILES string of the molecule is CCCCCCCCCCCCCCCCCCCCCCCC1=C(c2ccc(NCCCCCCCC)cc2)[N+](=[N-])C(c2ccc(NCCCCCCCC)cc2)=C1CCCCCCCC.[Ni]. The summed E-state index contributed by atoms with van der Waals surface area (Å²) in [5, 5.41) is 7.37. The Morgan fingerprint density at radius 1 is 0.309 bits per heavy atom. The zero-order valence-electron chi connectivity index (χ0n) is 45.2. The Hall–Kier alpha value is -2.39. The van der Waals surface area contributed by atoms with Crippen LogP contribution < -0.4 is 10.6 Å². The van der Waals surface area contributed by atoms with E-state index in [4.69, 9.17) is 0 Å². The van der Waals surface area contributed by atoms with E-state index in [2.05, 4.69) is 86.9 Å². The number of unbranched alkanes of at least 4 members (excludes halogenated alkanes) is 35. The Morgan fingerprint density at radius 2 is 0.529 bits per heavy atom. The van der Waals surface area contributed by atoms with Gasteiger partial charge in [0.25, 0.3) is 0 Å². The topological polar surface area (TPSA) is 49.4 Å². The molecule has 1 aliphatic heterocycles. The summed E-state index contributed by atoms with van der Waals surface area (Å²) in [6.07, 6.45) is 55.0. The Labute approximate surface area is 432 Å². The number of nitrogens with one attached hydrogen (secondary N) is 2. The van der Waals surface area contributed by atoms with Crippen LogP contribution in [-0.2, 0) is 16.5 Å². The van der Waals surface area contributed by atoms with Crippen molar-refractivity contribution in [3.8, 4) is 0 Å². The number of hydrogen-bond donors (Lipinski definition) is 2. The van der Waals surface area contributed by atoms with Crippen LogP contribution in [0.3, 0.4) is 0 Å². The van der Waals surface area contributed by atoms with Crippen LogP contribution in [0.4, 0.5) is 11.4 Å². The first kappa shape index (κ1) is 61.7. The van der Waals surface area contributed by atoms with Gasteiger partial charge in [0.05, 0.1) is 0 Å². The molecule has 5 heteroatoms. The molecule has 3 rings (SSSR count). The van der Waals surface area contributed by atoms with Gasteiger partial charge in [-0.2, -0.15) is 0 Å². The molecule has 0 aliphatic carbocycles. The standard InChI is InChI=1S/C63H108N4.Ni/c1-5-9-13-17-21-22-23-24-25-26-27-28-29-30-31-32-33-34-35-37-41-45-61-60(44-40-36-18-14-10-6-2)62(56-46-50-58(51-47-56)65-54-42-38-19-15-11-7-3)67(64)63(61)57-48-52-59(53-49-57)66-55-43-39-20-16-12-8-4;/h46-53,65-66H,5-45,54-55H2,1-4H3;. The van der Waals surface area contributed by atoms with Crippen molar-refractivity contribution in [3.63, 3.8) is 0 Å². The maximum atomic E-state index is 12.4. The normalized spacial score (nSPS) is 12.7. The van der Waals surface area contributed by atoms with E-state index in [1.54, 1.807) is 4.70 Å². The first-order valence-electron chi connectivity index (χ1n) is 29.8. The molecule has 1 aliphatic rings. The van der Waals surface area contributed by atoms with Crippen LogP contribution in [-0.4, -0.2) is 17.8 Å². The van der Waals surface area contributed by atoms with Crippen molar-refractivity contribution in [2.45, 2.75) is 291 Å². The fraction of sp³-hybridized carbons (Fsp3) is 0.746. The molecule has 0 amide bonds. The van der Waals surface area contributed by atoms with Crippen molar-refractivity contribution >= 4 is 22.8 Å². The molecular formula is C63H108N4Ni. The monoisotopic (exact) mass is 979 g/mol. The molecule has 0 spiro atoms. The van der Waals surface area contributed by atoms with Gasteiger partial charge in [0.1, 0.15) is 0 Å². The first-order valence-corrected chi connectivity index (χ1v) is 29.8. The molecule has 0 saturated carbocycles. The Bertz CT molecular complexity index is 1540. The van der Waals surface area contributed by atoms with Crippen LogP contribution in [0.15, 0.2) is 59.7 Å². The summed E-state index contributed by atoms with van der Waals surface area (Å²) in [7, 11) is 0. The van der Waals surface area contributed by atoms with Gasteiger partial charge in [-0.15, -0.1) is 0 Å². The zero-order valence-corrected chi connectivity index (χ0v) is 46.2. The summed E-state index contributed by atoms with van der Waals surface area (Å²) in [6, 6.07) is 17.9. The second kappa shape index (κ2) is 43.4. The fourth-order valence-corrected chi connectivity index (χ4v) is 10.4. The van der Waals surface area contributed by atoms with Crippen molar-refractivity contribution in [2.75, 3.05) is 23.7 Å². The van der Waals surface area contributed by atoms with Crippen molar-refractivity contribution < 1.29 is 21.2 Å². The van der Waals surface area contributed by atoms with Gasteiger partial charge >= 0.3 is 0 Å². The van der Waals surface area contributed by atoms with Crippen molar-refractivity contribution in [1.29, 1.82) is 0 Å². The minimum atomic E-state index is 0. The maximum Gasteiger partial charge on any atom is 0.211 e. The van der Waals surface area contributed by atoms with E-state index in [0.29, 0.717) is 0 Å². The molecule has 0 aromatic heterocycles. The number of nitrogens with zero attached hydrogens (tertiary/aromatic N) is 2. The molecule has 0 radical (unpaired) electrons. The van der Waals surface area contributed by atoms with Crippen molar-refractivity contribution in [1.82, 2.24) is 0 Å². The van der Waals surface area contributed by atoms with Gasteiger partial charge in [-0.3, -0.25) is 0 Å². The summed E-state index contributed by atoms with van der Waals surface area (Å²) < 4.78 is 1.59. The molecule has 0 atom stereocenters. The van der Waals surface area contributed by atoms with Gasteiger partial charge in [0.2, 0.25) is 11.4 Å². The Morgan fingerprint density at radius 3 is 0.779 bits per heavy atom. The van der Waals surface area contributed by atoms with Gasteiger partial charge in [-0.25, -0.2) is 4.70 Å². The van der Waals surface area contributed by atoms with E-state index in [0.717, 1.165) is 48.5 Å². The molecule has 390 valence electrons. The zero-order chi connectivity index (χ0) is 47.7. The summed E-state index contributed by atoms with van der Waals surface area (Å²) in [5.41, 5.74) is 21.8. The molecule has 4 nitrogen and oxygen atoms in total. The average Bonchev–Trinajstić information content (AvgIpc) is 3.62. The molecule has 2 N–H and O–H groups in total. The van der Waals surface area contributed by atoms with Crippen LogP contribution in [0.25, 0.3) is 16.9 Å². The number of anilines is 2. The largest absolute Gasteiger partial charge is 0.493 e. The summed E-state index contributed by atoms with van der Waals surface area (Å²) >= 11 is 0. The third-order valence-corrected chi connectivity index (χ3v) is 14.7. The van der Waals surface area contributed by atoms with Crippen molar-refractivity contribution in [3.05, 3.63) is 76.3 Å². The molecule has 1 heterocycles. The summed E-state index contributed by atoms with van der Waals surface area (Å²) in [4.78, 5) is 0. The number of allylic oxidation sites excluding steroid dienone is 2. The second-order valence-corrected chi connectivity index (χ2v) is 20.8. The minimum Gasteiger partial charge on any atom is -0.493 e. The third-order valence-electron chi connectivity index (χ3n) is 14.7. The predicted molar refractivity (Wildman–Crippen MR) is 299 cm³/mol. The van der Waals surface area contributed by atoms with E-state index in [1.807, 2.05) is 0 Å². The van der Waals surface area contributed by atoms with Gasteiger partial charge < -0.3 is 16.2 Å². The fourth-order valence-electron chi connectivity index (χ4n) is 10.4. The van der Waals surface area contributed by atoms with Gasteiger partial charge in [-0.1, -0.05) is 252 Å². The summed E-state index contributed by atoms with van der Waals surface area (Å²) in [6.45, 7) is 11.2. The maximum absolute atomic E-state index is 12.4. The van der Waals surface area contributed by atoms with E-state index in [1.165, 1.54) is 273 Å². The van der Waals surface area contributed by atoms with Gasteiger partial charge in [0.15, 0.2) is 0 Å². The molecular weight excluding hydrogens is 871 g/mol. The van der Waals surface area contributed by atoms with Gasteiger partial charge in [-0.05, 0) is 87.1 Å². The number of benzene rings is 2. The van der Waals surface area contributed by atoms with E-state index >= 15 is 0 Å². The van der Waals surface area contributed by atoms with Crippen LogP contribution in [0, 0.1) is 0 Å². The van der Waals surface area contributed by atoms with Crippen molar-refractivity contribution in [2.24, 2.45) is 0 Å². The molecule has 0 fully saturated rings. The first-order chi connectivity index (χ1) is 33.1. The van der Waals surface area contributed by atoms with E-state index in [-0.39, 0.29) is 16.5 Å². The molecule has 2 aromatic rings. The third kappa shape index (κ3) is 27.9. The Balaban J connectivity index is 0.0000159. The second-order valence-electron chi connectivity index (χ2n) is 20.8. The molecule has 68 heavy (non-hydrogen) atoms. The van der Waals surface area contributed by atoms with Crippen LogP contribution in [0.5, 0.6) is 0 Å². The van der Waals surface area contributed by atoms with Gasteiger partial charge in [0, 0.05) is 63.2 Å². The molecule has 0 unspecified atom stereocenters. The Kier molecular flexibility index (Phi) is 39.4. The minimum absolute atomic E-state index is 0. The quantitative estimate of drug-likeness (QED) is 0.0394. The van der Waals surface area contributed by atoms with E-state index < -0.39 is 0 Å². The van der Waals surface area contributed by atoms with Crippen LogP contribution >= 0.6 is 0 Å². The van der Waals surface area contributed by atoms with Crippen LogP contribution in [0.1, 0.15) is 302 Å². The molecule has 2 aromatic carbocycles. The number of rotatable bonds is 47. The van der Waals surface area contributed by atoms with Crippen LogP contribution in [0.2, 0.25) is 0 Å². The summed E-state index contributed by atoms with van der Waals surface area (Å²) in [5.74, 6) is 0.